The first-order valence-corrected chi connectivity index (χ1v) is 9.59. The van der Waals surface area contributed by atoms with Crippen molar-refractivity contribution in [2.45, 2.75) is 4.90 Å². The lowest BCUT2D eigenvalue weighted by atomic mass is 10.3. The number of para-hydroxylation sites is 1. The zero-order valence-corrected chi connectivity index (χ0v) is 15.8. The summed E-state index contributed by atoms with van der Waals surface area (Å²) in [6.07, 6.45) is 1.63. The van der Waals surface area contributed by atoms with E-state index in [2.05, 4.69) is 15.6 Å². The molecule has 0 saturated heterocycles. The van der Waals surface area contributed by atoms with Crippen LogP contribution in [-0.2, 0) is 9.59 Å². The summed E-state index contributed by atoms with van der Waals surface area (Å²) in [5.41, 5.74) is 0.670. The second kappa shape index (κ2) is 10.1. The van der Waals surface area contributed by atoms with E-state index in [1.165, 1.54) is 11.8 Å². The van der Waals surface area contributed by atoms with Crippen molar-refractivity contribution in [3.05, 3.63) is 79.0 Å². The summed E-state index contributed by atoms with van der Waals surface area (Å²) < 4.78 is 5.41. The van der Waals surface area contributed by atoms with Gasteiger partial charge in [-0.15, -0.1) is 11.8 Å². The van der Waals surface area contributed by atoms with Gasteiger partial charge in [-0.1, -0.05) is 24.3 Å². The van der Waals surface area contributed by atoms with Crippen LogP contribution in [0.1, 0.15) is 0 Å². The fourth-order valence-electron chi connectivity index (χ4n) is 2.26. The van der Waals surface area contributed by atoms with Crippen molar-refractivity contribution < 1.29 is 14.3 Å². The Kier molecular flexibility index (Phi) is 7.03. The molecule has 3 rings (SSSR count). The maximum absolute atomic E-state index is 12.0. The van der Waals surface area contributed by atoms with Gasteiger partial charge < -0.3 is 15.4 Å². The van der Waals surface area contributed by atoms with Gasteiger partial charge >= 0.3 is 0 Å². The van der Waals surface area contributed by atoms with Crippen LogP contribution >= 0.6 is 11.8 Å². The van der Waals surface area contributed by atoms with Crippen molar-refractivity contribution in [3.63, 3.8) is 0 Å². The number of thioether (sulfide) groups is 1. The molecule has 0 aliphatic heterocycles. The molecule has 0 fully saturated rings. The van der Waals surface area contributed by atoms with E-state index in [0.717, 1.165) is 4.90 Å². The highest BCUT2D eigenvalue weighted by Crippen LogP contribution is 2.20. The number of nitrogens with one attached hydrogen (secondary N) is 2. The molecule has 7 heteroatoms. The third-order valence-electron chi connectivity index (χ3n) is 3.55. The third-order valence-corrected chi connectivity index (χ3v) is 4.57. The number of rotatable bonds is 8. The molecule has 0 atom stereocenters. The van der Waals surface area contributed by atoms with Crippen molar-refractivity contribution in [1.82, 2.24) is 4.98 Å². The molecule has 0 spiro atoms. The largest absolute Gasteiger partial charge is 0.484 e. The number of carbonyl (C=O) groups is 2. The predicted octanol–water partition coefficient (Wildman–Crippen LogP) is 3.83. The zero-order valence-electron chi connectivity index (χ0n) is 15.0. The average Bonchev–Trinajstić information content (AvgIpc) is 2.73. The van der Waals surface area contributed by atoms with Crippen molar-refractivity contribution in [2.24, 2.45) is 0 Å². The molecule has 1 aromatic heterocycles. The molecule has 0 saturated carbocycles. The standard InChI is InChI=1S/C21H19N3O3S/c25-20(14-27-17-6-2-1-3-7-17)23-16-9-11-18(12-10-16)28-15-21(26)24-19-8-4-5-13-22-19/h1-13H,14-15H2,(H,23,25)(H,22,24,26). The van der Waals surface area contributed by atoms with Crippen LogP contribution in [0.15, 0.2) is 83.9 Å². The summed E-state index contributed by atoms with van der Waals surface area (Å²) >= 11 is 1.41. The number of ether oxygens (including phenoxy) is 1. The maximum Gasteiger partial charge on any atom is 0.262 e. The predicted molar refractivity (Wildman–Crippen MR) is 111 cm³/mol. The lowest BCUT2D eigenvalue weighted by molar-refractivity contribution is -0.118. The molecule has 1 heterocycles. The summed E-state index contributed by atoms with van der Waals surface area (Å²) in [4.78, 5) is 28.9. The Morgan fingerprint density at radius 1 is 0.857 bits per heavy atom. The van der Waals surface area contributed by atoms with Gasteiger partial charge in [0.25, 0.3) is 5.91 Å². The van der Waals surface area contributed by atoms with Gasteiger partial charge in [-0.25, -0.2) is 4.98 Å². The van der Waals surface area contributed by atoms with E-state index in [0.29, 0.717) is 17.3 Å². The lowest BCUT2D eigenvalue weighted by Crippen LogP contribution is -2.20. The van der Waals surface area contributed by atoms with E-state index in [1.807, 2.05) is 36.4 Å². The number of hydrogen-bond acceptors (Lipinski definition) is 5. The molecule has 0 radical (unpaired) electrons. The minimum atomic E-state index is -0.237. The molecule has 142 valence electrons. The van der Waals surface area contributed by atoms with Crippen molar-refractivity contribution >= 4 is 35.1 Å². The normalized spacial score (nSPS) is 10.1. The highest BCUT2D eigenvalue weighted by atomic mass is 32.2. The molecule has 2 N–H and O–H groups in total. The summed E-state index contributed by atoms with van der Waals surface area (Å²) in [5.74, 6) is 1.09. The first kappa shape index (κ1) is 19.4. The molecule has 0 unspecified atom stereocenters. The van der Waals surface area contributed by atoms with E-state index >= 15 is 0 Å². The fraction of sp³-hybridized carbons (Fsp3) is 0.0952. The van der Waals surface area contributed by atoms with E-state index < -0.39 is 0 Å². The molecule has 2 amide bonds. The van der Waals surface area contributed by atoms with E-state index in [-0.39, 0.29) is 24.2 Å². The highest BCUT2D eigenvalue weighted by Gasteiger charge is 2.06. The number of benzene rings is 2. The molecular formula is C21H19N3O3S. The van der Waals surface area contributed by atoms with Gasteiger partial charge in [0.1, 0.15) is 11.6 Å². The Balaban J connectivity index is 1.41. The summed E-state index contributed by atoms with van der Waals surface area (Å²) in [6, 6.07) is 21.8. The molecule has 0 aliphatic carbocycles. The fourth-order valence-corrected chi connectivity index (χ4v) is 2.96. The first-order valence-electron chi connectivity index (χ1n) is 8.60. The molecule has 28 heavy (non-hydrogen) atoms. The minimum absolute atomic E-state index is 0.0613. The van der Waals surface area contributed by atoms with Crippen molar-refractivity contribution in [3.8, 4) is 5.75 Å². The van der Waals surface area contributed by atoms with Crippen LogP contribution in [0, 0.1) is 0 Å². The quantitative estimate of drug-likeness (QED) is 0.569. The molecule has 3 aromatic rings. The van der Waals surface area contributed by atoms with Gasteiger partial charge in [0, 0.05) is 16.8 Å². The van der Waals surface area contributed by atoms with Gasteiger partial charge in [0.15, 0.2) is 6.61 Å². The Hall–Kier alpha value is -3.32. The topological polar surface area (TPSA) is 80.3 Å². The number of nitrogens with zero attached hydrogens (tertiary/aromatic N) is 1. The summed E-state index contributed by atoms with van der Waals surface area (Å²) in [5, 5.41) is 5.51. The molecule has 2 aromatic carbocycles. The van der Waals surface area contributed by atoms with E-state index in [9.17, 15) is 9.59 Å². The molecule has 0 aliphatic rings. The Labute approximate surface area is 167 Å². The maximum atomic E-state index is 12.0. The van der Waals surface area contributed by atoms with Gasteiger partial charge in [-0.3, -0.25) is 9.59 Å². The molecule has 6 nitrogen and oxygen atoms in total. The van der Waals surface area contributed by atoms with Crippen LogP contribution in [0.5, 0.6) is 5.75 Å². The first-order chi connectivity index (χ1) is 13.7. The van der Waals surface area contributed by atoms with Crippen LogP contribution < -0.4 is 15.4 Å². The van der Waals surface area contributed by atoms with Crippen LogP contribution in [0.2, 0.25) is 0 Å². The van der Waals surface area contributed by atoms with E-state index in [1.54, 1.807) is 42.6 Å². The Morgan fingerprint density at radius 2 is 1.61 bits per heavy atom. The Bertz CT molecular complexity index is 903. The lowest BCUT2D eigenvalue weighted by Gasteiger charge is -2.08. The van der Waals surface area contributed by atoms with Crippen LogP contribution in [0.3, 0.4) is 0 Å². The number of carbonyl (C=O) groups excluding carboxylic acids is 2. The second-order valence-electron chi connectivity index (χ2n) is 5.73. The van der Waals surface area contributed by atoms with Gasteiger partial charge in [-0.05, 0) is 48.5 Å². The van der Waals surface area contributed by atoms with Gasteiger partial charge in [-0.2, -0.15) is 0 Å². The van der Waals surface area contributed by atoms with Gasteiger partial charge in [0.2, 0.25) is 5.91 Å². The third kappa shape index (κ3) is 6.44. The summed E-state index contributed by atoms with van der Waals surface area (Å²) in [7, 11) is 0. The number of aromatic nitrogens is 1. The average molecular weight is 393 g/mol. The number of amides is 2. The zero-order chi connectivity index (χ0) is 19.6. The van der Waals surface area contributed by atoms with Gasteiger partial charge in [0.05, 0.1) is 5.75 Å². The van der Waals surface area contributed by atoms with Crippen LogP contribution in [-0.4, -0.2) is 29.2 Å². The minimum Gasteiger partial charge on any atom is -0.484 e. The number of anilines is 2. The smallest absolute Gasteiger partial charge is 0.262 e. The molecule has 0 bridgehead atoms. The van der Waals surface area contributed by atoms with E-state index in [4.69, 9.17) is 4.74 Å². The highest BCUT2D eigenvalue weighted by molar-refractivity contribution is 8.00. The number of pyridine rings is 1. The Morgan fingerprint density at radius 3 is 2.32 bits per heavy atom. The number of hydrogen-bond donors (Lipinski definition) is 2. The van der Waals surface area contributed by atoms with Crippen molar-refractivity contribution in [2.75, 3.05) is 23.0 Å². The monoisotopic (exact) mass is 393 g/mol. The molecular weight excluding hydrogens is 374 g/mol. The second-order valence-corrected chi connectivity index (χ2v) is 6.77. The van der Waals surface area contributed by atoms with Crippen LogP contribution in [0.25, 0.3) is 0 Å². The van der Waals surface area contributed by atoms with Crippen molar-refractivity contribution in [1.29, 1.82) is 0 Å². The summed E-state index contributed by atoms with van der Waals surface area (Å²) in [6.45, 7) is -0.0613. The van der Waals surface area contributed by atoms with Crippen LogP contribution in [0.4, 0.5) is 11.5 Å². The SMILES string of the molecule is O=C(COc1ccccc1)Nc1ccc(SCC(=O)Nc2ccccn2)cc1.